The van der Waals surface area contributed by atoms with Gasteiger partial charge in [-0.15, -0.1) is 0 Å². The Labute approximate surface area is 330 Å². The molecule has 0 aliphatic carbocycles. The van der Waals surface area contributed by atoms with Crippen molar-refractivity contribution < 1.29 is 9.47 Å². The molecule has 0 amide bonds. The molecule has 294 valence electrons. The van der Waals surface area contributed by atoms with E-state index in [1.165, 1.54) is 205 Å². The van der Waals surface area contributed by atoms with Gasteiger partial charge in [-0.05, 0) is 81.5 Å². The number of ether oxygens (including phenoxy) is 2. The highest BCUT2D eigenvalue weighted by Gasteiger charge is 2.16. The zero-order valence-corrected chi connectivity index (χ0v) is 37.1. The molecule has 1 rings (SSSR count). The molecule has 0 aliphatic heterocycles. The molecule has 0 spiro atoms. The predicted octanol–water partition coefficient (Wildman–Crippen LogP) is 17.8. The summed E-state index contributed by atoms with van der Waals surface area (Å²) in [5.74, 6) is 3.16. The van der Waals surface area contributed by atoms with E-state index in [4.69, 9.17) is 9.47 Å². The highest BCUT2D eigenvalue weighted by molar-refractivity contribution is 9.11. The van der Waals surface area contributed by atoms with Crippen LogP contribution in [0.1, 0.15) is 233 Å². The maximum absolute atomic E-state index is 6.55. The summed E-state index contributed by atoms with van der Waals surface area (Å²) in [5, 5.41) is 0. The fourth-order valence-electron chi connectivity index (χ4n) is 7.33. The lowest BCUT2D eigenvalue weighted by molar-refractivity contribution is 0.217. The van der Waals surface area contributed by atoms with Crippen molar-refractivity contribution in [1.82, 2.24) is 0 Å². The zero-order valence-electron chi connectivity index (χ0n) is 33.9. The lowest BCUT2D eigenvalue weighted by atomic mass is 9.94. The number of rotatable bonds is 38. The lowest BCUT2D eigenvalue weighted by Gasteiger charge is -2.21. The summed E-state index contributed by atoms with van der Waals surface area (Å²) in [7, 11) is 0. The normalized spacial score (nSPS) is 12.8. The Morgan fingerprint density at radius 2 is 0.580 bits per heavy atom. The van der Waals surface area contributed by atoms with Crippen LogP contribution in [0.4, 0.5) is 0 Å². The first-order valence-electron chi connectivity index (χ1n) is 22.3. The Bertz CT molecular complexity index is 789. The van der Waals surface area contributed by atoms with Crippen molar-refractivity contribution >= 4 is 31.9 Å². The standard InChI is InChI=1S/C46H84Br2O2/c1-5-9-13-17-21-23-27-31-35-41(33-29-25-19-15-11-7-3)39-49-45-37-44(48)46(38-43(45)47)50-40-42(34-30-26-20-16-12-8-4)36-32-28-24-22-18-14-10-6-2/h37-38,41-42H,5-36,39-40H2,1-4H3. The van der Waals surface area contributed by atoms with E-state index in [-0.39, 0.29) is 0 Å². The summed E-state index contributed by atoms with van der Waals surface area (Å²) in [4.78, 5) is 0. The Morgan fingerprint density at radius 1 is 0.360 bits per heavy atom. The molecule has 2 unspecified atom stereocenters. The SMILES string of the molecule is CCCCCCCCCCC(CCCCCCCC)COc1cc(Br)c(OCC(CCCCCCCC)CCCCCCCCCC)cc1Br. The van der Waals surface area contributed by atoms with Crippen LogP contribution < -0.4 is 9.47 Å². The molecule has 0 fully saturated rings. The van der Waals surface area contributed by atoms with Gasteiger partial charge in [0.25, 0.3) is 0 Å². The second-order valence-corrected chi connectivity index (χ2v) is 17.4. The third-order valence-electron chi connectivity index (χ3n) is 10.8. The Balaban J connectivity index is 2.66. The molecule has 0 saturated heterocycles. The summed E-state index contributed by atoms with van der Waals surface area (Å²) in [5.41, 5.74) is 0. The van der Waals surface area contributed by atoms with Crippen molar-refractivity contribution in [2.45, 2.75) is 233 Å². The topological polar surface area (TPSA) is 18.5 Å². The van der Waals surface area contributed by atoms with Crippen molar-refractivity contribution in [2.24, 2.45) is 11.8 Å². The zero-order chi connectivity index (χ0) is 36.3. The first-order chi connectivity index (χ1) is 24.5. The van der Waals surface area contributed by atoms with Gasteiger partial charge in [-0.3, -0.25) is 0 Å². The smallest absolute Gasteiger partial charge is 0.134 e. The van der Waals surface area contributed by atoms with E-state index in [0.717, 1.165) is 33.7 Å². The average Bonchev–Trinajstić information content (AvgIpc) is 3.11. The maximum atomic E-state index is 6.55. The van der Waals surface area contributed by atoms with Crippen molar-refractivity contribution in [3.63, 3.8) is 0 Å². The third kappa shape index (κ3) is 27.4. The minimum absolute atomic E-state index is 0.641. The minimum atomic E-state index is 0.641. The molecule has 0 N–H and O–H groups in total. The quantitative estimate of drug-likeness (QED) is 0.0618. The molecule has 1 aromatic rings. The summed E-state index contributed by atoms with van der Waals surface area (Å²) < 4.78 is 15.1. The molecule has 4 heteroatoms. The molecular weight excluding hydrogens is 744 g/mol. The molecular formula is C46H84Br2O2. The lowest BCUT2D eigenvalue weighted by Crippen LogP contribution is -2.14. The Morgan fingerprint density at radius 3 is 0.820 bits per heavy atom. The molecule has 0 radical (unpaired) electrons. The summed E-state index contributed by atoms with van der Waals surface area (Å²) >= 11 is 7.71. The first kappa shape index (κ1) is 47.8. The van der Waals surface area contributed by atoms with Gasteiger partial charge in [0.1, 0.15) is 11.5 Å². The predicted molar refractivity (Wildman–Crippen MR) is 230 cm³/mol. The summed E-state index contributed by atoms with van der Waals surface area (Å²) in [6.45, 7) is 10.8. The number of halogens is 2. The van der Waals surface area contributed by atoms with E-state index >= 15 is 0 Å². The Hall–Kier alpha value is -0.220. The van der Waals surface area contributed by atoms with E-state index < -0.39 is 0 Å². The third-order valence-corrected chi connectivity index (χ3v) is 12.0. The van der Waals surface area contributed by atoms with Crippen LogP contribution in [0, 0.1) is 11.8 Å². The van der Waals surface area contributed by atoms with E-state index in [2.05, 4.69) is 71.7 Å². The highest BCUT2D eigenvalue weighted by Crippen LogP contribution is 2.37. The fourth-order valence-corrected chi connectivity index (χ4v) is 8.20. The maximum Gasteiger partial charge on any atom is 0.134 e. The van der Waals surface area contributed by atoms with Gasteiger partial charge in [0, 0.05) is 0 Å². The van der Waals surface area contributed by atoms with Crippen LogP contribution in [0.5, 0.6) is 11.5 Å². The van der Waals surface area contributed by atoms with Crippen LogP contribution in [0.3, 0.4) is 0 Å². The van der Waals surface area contributed by atoms with Crippen LogP contribution in [0.15, 0.2) is 21.1 Å². The second-order valence-electron chi connectivity index (χ2n) is 15.7. The van der Waals surface area contributed by atoms with E-state index in [0.29, 0.717) is 11.8 Å². The van der Waals surface area contributed by atoms with Gasteiger partial charge in [-0.25, -0.2) is 0 Å². The molecule has 0 saturated carbocycles. The number of hydrogen-bond acceptors (Lipinski definition) is 2. The molecule has 2 nitrogen and oxygen atoms in total. The van der Waals surface area contributed by atoms with Crippen molar-refractivity contribution in [2.75, 3.05) is 13.2 Å². The van der Waals surface area contributed by atoms with Crippen LogP contribution in [-0.4, -0.2) is 13.2 Å². The number of hydrogen-bond donors (Lipinski definition) is 0. The van der Waals surface area contributed by atoms with E-state index in [1.807, 2.05) is 0 Å². The minimum Gasteiger partial charge on any atom is -0.492 e. The van der Waals surface area contributed by atoms with E-state index in [1.54, 1.807) is 0 Å². The van der Waals surface area contributed by atoms with Crippen molar-refractivity contribution in [1.29, 1.82) is 0 Å². The van der Waals surface area contributed by atoms with E-state index in [9.17, 15) is 0 Å². The average molecular weight is 829 g/mol. The molecule has 1 aromatic carbocycles. The van der Waals surface area contributed by atoms with Gasteiger partial charge in [0.05, 0.1) is 22.2 Å². The van der Waals surface area contributed by atoms with Gasteiger partial charge in [0.15, 0.2) is 0 Å². The summed E-state index contributed by atoms with van der Waals surface area (Å²) in [6.07, 6.45) is 43.7. The molecule has 2 atom stereocenters. The summed E-state index contributed by atoms with van der Waals surface area (Å²) in [6, 6.07) is 4.28. The second kappa shape index (κ2) is 35.8. The molecule has 0 aliphatic rings. The molecule has 50 heavy (non-hydrogen) atoms. The molecule has 0 heterocycles. The van der Waals surface area contributed by atoms with Gasteiger partial charge in [0.2, 0.25) is 0 Å². The number of unbranched alkanes of at least 4 members (excludes halogenated alkanes) is 24. The number of benzene rings is 1. The fraction of sp³-hybridized carbons (Fsp3) is 0.870. The highest BCUT2D eigenvalue weighted by atomic mass is 79.9. The van der Waals surface area contributed by atoms with Crippen molar-refractivity contribution in [3.8, 4) is 11.5 Å². The van der Waals surface area contributed by atoms with Gasteiger partial charge in [-0.2, -0.15) is 0 Å². The van der Waals surface area contributed by atoms with Crippen LogP contribution >= 0.6 is 31.9 Å². The first-order valence-corrected chi connectivity index (χ1v) is 23.9. The van der Waals surface area contributed by atoms with Gasteiger partial charge in [-0.1, -0.05) is 207 Å². The van der Waals surface area contributed by atoms with Gasteiger partial charge < -0.3 is 9.47 Å². The van der Waals surface area contributed by atoms with Gasteiger partial charge >= 0.3 is 0 Å². The van der Waals surface area contributed by atoms with Crippen LogP contribution in [0.25, 0.3) is 0 Å². The van der Waals surface area contributed by atoms with Crippen molar-refractivity contribution in [3.05, 3.63) is 21.1 Å². The molecule has 0 bridgehead atoms. The largest absolute Gasteiger partial charge is 0.492 e. The van der Waals surface area contributed by atoms with Crippen LogP contribution in [0.2, 0.25) is 0 Å². The Kier molecular flexibility index (Phi) is 34.2. The monoisotopic (exact) mass is 826 g/mol. The van der Waals surface area contributed by atoms with Crippen LogP contribution in [-0.2, 0) is 0 Å². The molecule has 0 aromatic heterocycles.